The molecule has 6 nitrogen and oxygen atoms in total. The van der Waals surface area contributed by atoms with E-state index in [1.165, 1.54) is 12.1 Å². The highest BCUT2D eigenvalue weighted by Gasteiger charge is 2.25. The highest BCUT2D eigenvalue weighted by molar-refractivity contribution is 5.74. The van der Waals surface area contributed by atoms with Gasteiger partial charge in [0.25, 0.3) is 0 Å². The Morgan fingerprint density at radius 2 is 2.21 bits per heavy atom. The molecule has 3 rings (SSSR count). The summed E-state index contributed by atoms with van der Waals surface area (Å²) in [6.07, 6.45) is 6.03. The number of rotatable bonds is 5. The van der Waals surface area contributed by atoms with Crippen molar-refractivity contribution in [3.8, 4) is 0 Å². The molecular weight excluding hydrogens is 311 g/mol. The Morgan fingerprint density at radius 3 is 2.96 bits per heavy atom. The first-order valence-corrected chi connectivity index (χ1v) is 8.08. The van der Waals surface area contributed by atoms with Gasteiger partial charge in [-0.1, -0.05) is 12.1 Å². The van der Waals surface area contributed by atoms with Crippen LogP contribution in [0, 0.1) is 5.82 Å². The second kappa shape index (κ2) is 7.92. The van der Waals surface area contributed by atoms with E-state index in [1.807, 2.05) is 10.8 Å². The average Bonchev–Trinajstić information content (AvgIpc) is 3.13. The number of morpholine rings is 1. The second-order valence-corrected chi connectivity index (χ2v) is 5.74. The van der Waals surface area contributed by atoms with Gasteiger partial charge in [0.15, 0.2) is 0 Å². The number of amides is 2. The van der Waals surface area contributed by atoms with E-state index in [0.717, 1.165) is 18.5 Å². The Kier molecular flexibility index (Phi) is 5.43. The maximum Gasteiger partial charge on any atom is 0.317 e. The first-order valence-electron chi connectivity index (χ1n) is 8.08. The van der Waals surface area contributed by atoms with Gasteiger partial charge < -0.3 is 19.5 Å². The predicted octanol–water partition coefficient (Wildman–Crippen LogP) is 2.20. The van der Waals surface area contributed by atoms with E-state index in [2.05, 4.69) is 10.3 Å². The van der Waals surface area contributed by atoms with Gasteiger partial charge in [0.2, 0.25) is 0 Å². The molecular formula is C17H21FN4O2. The van der Waals surface area contributed by atoms with E-state index in [4.69, 9.17) is 4.74 Å². The third kappa shape index (κ3) is 4.32. The number of halogens is 1. The van der Waals surface area contributed by atoms with Crippen LogP contribution in [0.2, 0.25) is 0 Å². The first-order chi connectivity index (χ1) is 11.7. The largest absolute Gasteiger partial charge is 0.370 e. The van der Waals surface area contributed by atoms with Gasteiger partial charge in [0, 0.05) is 32.0 Å². The van der Waals surface area contributed by atoms with E-state index in [9.17, 15) is 9.18 Å². The Morgan fingerprint density at radius 1 is 1.38 bits per heavy atom. The van der Waals surface area contributed by atoms with Gasteiger partial charge in [-0.25, -0.2) is 14.2 Å². The van der Waals surface area contributed by atoms with Crippen LogP contribution >= 0.6 is 0 Å². The van der Waals surface area contributed by atoms with Crippen molar-refractivity contribution < 1.29 is 13.9 Å². The predicted molar refractivity (Wildman–Crippen MR) is 86.9 cm³/mol. The van der Waals surface area contributed by atoms with Crippen molar-refractivity contribution in [2.24, 2.45) is 0 Å². The molecule has 1 N–H and O–H groups in total. The number of hydrogen-bond donors (Lipinski definition) is 1. The lowest BCUT2D eigenvalue weighted by atomic mass is 10.1. The molecule has 2 heterocycles. The third-order valence-corrected chi connectivity index (χ3v) is 4.02. The molecule has 2 amide bonds. The fourth-order valence-corrected chi connectivity index (χ4v) is 2.70. The SMILES string of the molecule is O=C(NCCCn1ccnc1)N1CCOC(c2ccc(F)cc2)C1. The molecule has 7 heteroatoms. The first kappa shape index (κ1) is 16.4. The van der Waals surface area contributed by atoms with Crippen LogP contribution < -0.4 is 5.32 Å². The lowest BCUT2D eigenvalue weighted by molar-refractivity contribution is -0.0154. The molecule has 1 aliphatic heterocycles. The maximum atomic E-state index is 13.0. The van der Waals surface area contributed by atoms with Gasteiger partial charge in [-0.15, -0.1) is 0 Å². The Hall–Kier alpha value is -2.41. The minimum Gasteiger partial charge on any atom is -0.370 e. The molecule has 128 valence electrons. The summed E-state index contributed by atoms with van der Waals surface area (Å²) < 4.78 is 20.7. The van der Waals surface area contributed by atoms with Crippen LogP contribution in [0.1, 0.15) is 18.1 Å². The monoisotopic (exact) mass is 332 g/mol. The number of hydrogen-bond acceptors (Lipinski definition) is 3. The molecule has 1 atom stereocenters. The molecule has 0 radical (unpaired) electrons. The lowest BCUT2D eigenvalue weighted by Gasteiger charge is -2.33. The molecule has 24 heavy (non-hydrogen) atoms. The summed E-state index contributed by atoms with van der Waals surface area (Å²) >= 11 is 0. The molecule has 1 unspecified atom stereocenters. The van der Waals surface area contributed by atoms with Crippen molar-refractivity contribution in [1.82, 2.24) is 19.8 Å². The van der Waals surface area contributed by atoms with Crippen LogP contribution in [0.15, 0.2) is 43.0 Å². The fourth-order valence-electron chi connectivity index (χ4n) is 2.70. The van der Waals surface area contributed by atoms with E-state index in [1.54, 1.807) is 29.6 Å². The molecule has 1 saturated heterocycles. The Balaban J connectivity index is 1.45. The molecule has 0 aliphatic carbocycles. The maximum absolute atomic E-state index is 13.0. The molecule has 1 aliphatic rings. The van der Waals surface area contributed by atoms with Gasteiger partial charge in [-0.3, -0.25) is 0 Å². The number of nitrogens with one attached hydrogen (secondary N) is 1. The number of urea groups is 1. The minimum atomic E-state index is -0.276. The second-order valence-electron chi connectivity index (χ2n) is 5.74. The summed E-state index contributed by atoms with van der Waals surface area (Å²) in [5.41, 5.74) is 0.883. The Bertz CT molecular complexity index is 645. The topological polar surface area (TPSA) is 59.4 Å². The Labute approximate surface area is 140 Å². The zero-order valence-corrected chi connectivity index (χ0v) is 13.4. The van der Waals surface area contributed by atoms with Gasteiger partial charge in [0.05, 0.1) is 19.5 Å². The normalized spacial score (nSPS) is 17.7. The van der Waals surface area contributed by atoms with Crippen molar-refractivity contribution >= 4 is 6.03 Å². The molecule has 0 saturated carbocycles. The molecule has 1 aromatic carbocycles. The van der Waals surface area contributed by atoms with Gasteiger partial charge in [-0.2, -0.15) is 0 Å². The number of nitrogens with zero attached hydrogens (tertiary/aromatic N) is 3. The fraction of sp³-hybridized carbons (Fsp3) is 0.412. The molecule has 1 fully saturated rings. The molecule has 0 spiro atoms. The zero-order chi connectivity index (χ0) is 16.8. The number of imidazole rings is 1. The van der Waals surface area contributed by atoms with Crippen LogP contribution in [0.5, 0.6) is 0 Å². The summed E-state index contributed by atoms with van der Waals surface area (Å²) in [4.78, 5) is 18.0. The van der Waals surface area contributed by atoms with Crippen molar-refractivity contribution in [2.75, 3.05) is 26.2 Å². The van der Waals surface area contributed by atoms with E-state index >= 15 is 0 Å². The third-order valence-electron chi connectivity index (χ3n) is 4.02. The molecule has 1 aromatic heterocycles. The zero-order valence-electron chi connectivity index (χ0n) is 13.4. The van der Waals surface area contributed by atoms with Gasteiger partial charge in [-0.05, 0) is 24.1 Å². The minimum absolute atomic E-state index is 0.0870. The highest BCUT2D eigenvalue weighted by atomic mass is 19.1. The van der Waals surface area contributed by atoms with Crippen LogP contribution in [0.3, 0.4) is 0 Å². The molecule has 0 bridgehead atoms. The van der Waals surface area contributed by atoms with Gasteiger partial charge in [0.1, 0.15) is 11.9 Å². The lowest BCUT2D eigenvalue weighted by Crippen LogP contribution is -2.47. The van der Waals surface area contributed by atoms with Crippen LogP contribution in [0.25, 0.3) is 0 Å². The number of carbonyl (C=O) groups excluding carboxylic acids is 1. The summed E-state index contributed by atoms with van der Waals surface area (Å²) in [6, 6.07) is 6.14. The van der Waals surface area contributed by atoms with Crippen molar-refractivity contribution in [3.05, 3.63) is 54.4 Å². The van der Waals surface area contributed by atoms with Crippen LogP contribution in [-0.2, 0) is 11.3 Å². The van der Waals surface area contributed by atoms with Crippen LogP contribution in [-0.4, -0.2) is 46.7 Å². The summed E-state index contributed by atoms with van der Waals surface area (Å²) in [6.45, 7) is 2.94. The van der Waals surface area contributed by atoms with Crippen molar-refractivity contribution in [2.45, 2.75) is 19.1 Å². The standard InChI is InChI=1S/C17H21FN4O2/c18-15-4-2-14(3-5-15)16-12-22(10-11-24-16)17(23)20-6-1-8-21-9-7-19-13-21/h2-5,7,9,13,16H,1,6,8,10-12H2,(H,20,23). The summed E-state index contributed by atoms with van der Waals surface area (Å²) in [5.74, 6) is -0.276. The number of aryl methyl sites for hydroxylation is 1. The summed E-state index contributed by atoms with van der Waals surface area (Å²) in [7, 11) is 0. The highest BCUT2D eigenvalue weighted by Crippen LogP contribution is 2.22. The van der Waals surface area contributed by atoms with Crippen molar-refractivity contribution in [3.63, 3.8) is 0 Å². The molecule has 2 aromatic rings. The number of aromatic nitrogens is 2. The van der Waals surface area contributed by atoms with E-state index in [0.29, 0.717) is 26.2 Å². The number of benzene rings is 1. The number of carbonyl (C=O) groups is 1. The van der Waals surface area contributed by atoms with Crippen molar-refractivity contribution in [1.29, 1.82) is 0 Å². The van der Waals surface area contributed by atoms with E-state index < -0.39 is 0 Å². The summed E-state index contributed by atoms with van der Waals surface area (Å²) in [5, 5.41) is 2.93. The quantitative estimate of drug-likeness (QED) is 0.854. The van der Waals surface area contributed by atoms with Gasteiger partial charge >= 0.3 is 6.03 Å². The smallest absolute Gasteiger partial charge is 0.317 e. The van der Waals surface area contributed by atoms with E-state index in [-0.39, 0.29) is 18.0 Å². The average molecular weight is 332 g/mol. The van der Waals surface area contributed by atoms with Crippen LogP contribution in [0.4, 0.5) is 9.18 Å². The number of ether oxygens (including phenoxy) is 1.